The van der Waals surface area contributed by atoms with E-state index in [0.29, 0.717) is 12.2 Å². The van der Waals surface area contributed by atoms with E-state index in [1.54, 1.807) is 25.3 Å². The van der Waals surface area contributed by atoms with Crippen molar-refractivity contribution in [2.75, 3.05) is 13.7 Å². The lowest BCUT2D eigenvalue weighted by Crippen LogP contribution is -2.38. The summed E-state index contributed by atoms with van der Waals surface area (Å²) in [5.74, 6) is 0.0779. The molecule has 0 saturated heterocycles. The molecule has 0 aliphatic carbocycles. The van der Waals surface area contributed by atoms with Crippen LogP contribution in [0, 0.1) is 0 Å². The Kier molecular flexibility index (Phi) is 6.97. The molecule has 0 bridgehead atoms. The molecule has 1 rings (SSSR count). The number of carbonyl (C=O) groups excluding carboxylic acids is 1. The number of ether oxygens (including phenoxy) is 1. The first-order valence-corrected chi connectivity index (χ1v) is 6.72. The van der Waals surface area contributed by atoms with Crippen LogP contribution in [-0.4, -0.2) is 30.8 Å². The number of hydrogen-bond acceptors (Lipinski definition) is 3. The maximum absolute atomic E-state index is 11.9. The third-order valence-electron chi connectivity index (χ3n) is 2.98. The summed E-state index contributed by atoms with van der Waals surface area (Å²) in [5, 5.41) is 12.6. The van der Waals surface area contributed by atoms with Gasteiger partial charge in [0.25, 0.3) is 0 Å². The molecule has 0 aliphatic heterocycles. The van der Waals surface area contributed by atoms with E-state index in [1.165, 1.54) is 0 Å². The van der Waals surface area contributed by atoms with E-state index < -0.39 is 0 Å². The molecule has 0 saturated carbocycles. The second kappa shape index (κ2) is 8.53. The van der Waals surface area contributed by atoms with Gasteiger partial charge in [-0.2, -0.15) is 0 Å². The second-order valence-electron chi connectivity index (χ2n) is 4.67. The molecule has 0 radical (unpaired) electrons. The normalized spacial score (nSPS) is 12.1. The fourth-order valence-electron chi connectivity index (χ4n) is 1.96. The predicted octanol–water partition coefficient (Wildman–Crippen LogP) is 2.26. The third-order valence-corrected chi connectivity index (χ3v) is 2.98. The number of benzene rings is 1. The average Bonchev–Trinajstić information content (AvgIpc) is 2.39. The van der Waals surface area contributed by atoms with Crippen molar-refractivity contribution in [1.29, 1.82) is 0 Å². The van der Waals surface area contributed by atoms with Crippen LogP contribution in [0.2, 0.25) is 0 Å². The van der Waals surface area contributed by atoms with Crippen LogP contribution in [0.1, 0.15) is 31.7 Å². The molecule has 1 aromatic carbocycles. The molecule has 0 aliphatic rings. The Morgan fingerprint density at radius 1 is 1.42 bits per heavy atom. The molecule has 0 heterocycles. The molecule has 1 amide bonds. The van der Waals surface area contributed by atoms with Gasteiger partial charge in [0.2, 0.25) is 5.91 Å². The highest BCUT2D eigenvalue weighted by Crippen LogP contribution is 2.16. The largest absolute Gasteiger partial charge is 0.508 e. The summed E-state index contributed by atoms with van der Waals surface area (Å²) >= 11 is 0. The van der Waals surface area contributed by atoms with Gasteiger partial charge < -0.3 is 15.2 Å². The van der Waals surface area contributed by atoms with E-state index >= 15 is 0 Å². The van der Waals surface area contributed by atoms with Crippen LogP contribution in [0.3, 0.4) is 0 Å². The maximum Gasteiger partial charge on any atom is 0.224 e. The molecule has 0 fully saturated rings. The third kappa shape index (κ3) is 5.75. The van der Waals surface area contributed by atoms with Crippen LogP contribution >= 0.6 is 0 Å². The first kappa shape index (κ1) is 15.5. The van der Waals surface area contributed by atoms with Gasteiger partial charge in [-0.15, -0.1) is 0 Å². The van der Waals surface area contributed by atoms with Gasteiger partial charge in [-0.1, -0.05) is 38.0 Å². The smallest absolute Gasteiger partial charge is 0.224 e. The molecule has 0 unspecified atom stereocenters. The molecule has 19 heavy (non-hydrogen) atoms. The lowest BCUT2D eigenvalue weighted by atomic mass is 10.1. The number of methoxy groups -OCH3 is 1. The fraction of sp³-hybridized carbons (Fsp3) is 0.533. The van der Waals surface area contributed by atoms with Crippen molar-refractivity contribution in [3.63, 3.8) is 0 Å². The number of aromatic hydroxyl groups is 1. The Balaban J connectivity index is 2.50. The standard InChI is InChI=1S/C15H23NO3/c1-3-4-8-13(11-19-2)16-15(18)10-12-7-5-6-9-14(12)17/h5-7,9,13,17H,3-4,8,10-11H2,1-2H3,(H,16,18)/t13-/m1/s1. The van der Waals surface area contributed by atoms with Crippen molar-refractivity contribution in [2.24, 2.45) is 0 Å². The van der Waals surface area contributed by atoms with E-state index in [9.17, 15) is 9.90 Å². The SMILES string of the molecule is CCCC[C@H](COC)NC(=O)Cc1ccccc1O. The molecule has 0 spiro atoms. The molecule has 106 valence electrons. The van der Waals surface area contributed by atoms with Crippen molar-refractivity contribution in [1.82, 2.24) is 5.32 Å². The summed E-state index contributed by atoms with van der Waals surface area (Å²) in [6.45, 7) is 2.64. The monoisotopic (exact) mass is 265 g/mol. The van der Waals surface area contributed by atoms with E-state index in [2.05, 4.69) is 12.2 Å². The summed E-state index contributed by atoms with van der Waals surface area (Å²) in [6, 6.07) is 6.94. The lowest BCUT2D eigenvalue weighted by Gasteiger charge is -2.17. The second-order valence-corrected chi connectivity index (χ2v) is 4.67. The highest BCUT2D eigenvalue weighted by atomic mass is 16.5. The zero-order valence-corrected chi connectivity index (χ0v) is 11.7. The number of rotatable bonds is 8. The minimum absolute atomic E-state index is 0.0447. The summed E-state index contributed by atoms with van der Waals surface area (Å²) in [7, 11) is 1.63. The van der Waals surface area contributed by atoms with Gasteiger partial charge in [-0.25, -0.2) is 0 Å². The minimum atomic E-state index is -0.0837. The number of phenolic OH excluding ortho intramolecular Hbond substituents is 1. The van der Waals surface area contributed by atoms with Gasteiger partial charge in [0.15, 0.2) is 0 Å². The Hall–Kier alpha value is -1.55. The van der Waals surface area contributed by atoms with Gasteiger partial charge in [-0.05, 0) is 12.5 Å². The van der Waals surface area contributed by atoms with Crippen molar-refractivity contribution >= 4 is 5.91 Å². The van der Waals surface area contributed by atoms with Crippen molar-refractivity contribution in [2.45, 2.75) is 38.6 Å². The van der Waals surface area contributed by atoms with Crippen LogP contribution in [0.5, 0.6) is 5.75 Å². The lowest BCUT2D eigenvalue weighted by molar-refractivity contribution is -0.121. The van der Waals surface area contributed by atoms with Crippen LogP contribution in [-0.2, 0) is 16.0 Å². The first-order valence-electron chi connectivity index (χ1n) is 6.72. The number of amides is 1. The molecule has 4 heteroatoms. The summed E-state index contributed by atoms with van der Waals surface area (Å²) in [5.41, 5.74) is 0.645. The average molecular weight is 265 g/mol. The number of para-hydroxylation sites is 1. The Morgan fingerprint density at radius 3 is 2.79 bits per heavy atom. The highest BCUT2D eigenvalue weighted by Gasteiger charge is 2.13. The Bertz CT molecular complexity index is 393. The molecular formula is C15H23NO3. The van der Waals surface area contributed by atoms with Crippen LogP contribution < -0.4 is 5.32 Å². The molecule has 1 atom stereocenters. The fourth-order valence-corrected chi connectivity index (χ4v) is 1.96. The number of hydrogen-bond donors (Lipinski definition) is 2. The zero-order valence-electron chi connectivity index (χ0n) is 11.7. The maximum atomic E-state index is 11.9. The molecule has 0 aromatic heterocycles. The quantitative estimate of drug-likeness (QED) is 0.758. The molecular weight excluding hydrogens is 242 g/mol. The van der Waals surface area contributed by atoms with E-state index in [-0.39, 0.29) is 24.1 Å². The van der Waals surface area contributed by atoms with E-state index in [4.69, 9.17) is 4.74 Å². The van der Waals surface area contributed by atoms with Crippen LogP contribution in [0.25, 0.3) is 0 Å². The highest BCUT2D eigenvalue weighted by molar-refractivity contribution is 5.79. The first-order chi connectivity index (χ1) is 9.17. The number of carbonyl (C=O) groups is 1. The molecule has 1 aromatic rings. The van der Waals surface area contributed by atoms with Gasteiger partial charge in [-0.3, -0.25) is 4.79 Å². The topological polar surface area (TPSA) is 58.6 Å². The number of unbranched alkanes of at least 4 members (excludes halogenated alkanes) is 1. The van der Waals surface area contributed by atoms with Gasteiger partial charge in [0.05, 0.1) is 19.1 Å². The van der Waals surface area contributed by atoms with Crippen LogP contribution in [0.15, 0.2) is 24.3 Å². The van der Waals surface area contributed by atoms with Gasteiger partial charge >= 0.3 is 0 Å². The molecule has 4 nitrogen and oxygen atoms in total. The van der Waals surface area contributed by atoms with Crippen LogP contribution in [0.4, 0.5) is 0 Å². The van der Waals surface area contributed by atoms with Crippen molar-refractivity contribution in [3.8, 4) is 5.75 Å². The van der Waals surface area contributed by atoms with Gasteiger partial charge in [0.1, 0.15) is 5.75 Å². The molecule has 2 N–H and O–H groups in total. The van der Waals surface area contributed by atoms with Gasteiger partial charge in [0, 0.05) is 12.7 Å². The Labute approximate surface area is 114 Å². The summed E-state index contributed by atoms with van der Waals surface area (Å²) < 4.78 is 5.11. The Morgan fingerprint density at radius 2 is 2.16 bits per heavy atom. The van der Waals surface area contributed by atoms with E-state index in [0.717, 1.165) is 19.3 Å². The summed E-state index contributed by atoms with van der Waals surface area (Å²) in [4.78, 5) is 11.9. The number of nitrogens with one attached hydrogen (secondary N) is 1. The zero-order chi connectivity index (χ0) is 14.1. The van der Waals surface area contributed by atoms with Crippen molar-refractivity contribution < 1.29 is 14.6 Å². The number of phenols is 1. The van der Waals surface area contributed by atoms with E-state index in [1.807, 2.05) is 6.07 Å². The minimum Gasteiger partial charge on any atom is -0.508 e. The predicted molar refractivity (Wildman–Crippen MR) is 75.1 cm³/mol. The van der Waals surface area contributed by atoms with Crippen molar-refractivity contribution in [3.05, 3.63) is 29.8 Å². The summed E-state index contributed by atoms with van der Waals surface area (Å²) in [6.07, 6.45) is 3.26.